The summed E-state index contributed by atoms with van der Waals surface area (Å²) in [5, 5.41) is 2.34. The van der Waals surface area contributed by atoms with Crippen molar-refractivity contribution in [2.24, 2.45) is 0 Å². The van der Waals surface area contributed by atoms with Crippen LogP contribution in [0.15, 0.2) is 18.3 Å². The summed E-state index contributed by atoms with van der Waals surface area (Å²) in [6.07, 6.45) is 1.03. The molecule has 0 radical (unpaired) electrons. The summed E-state index contributed by atoms with van der Waals surface area (Å²) in [6, 6.07) is 3.29. The average Bonchev–Trinajstić information content (AvgIpc) is 2.21. The van der Waals surface area contributed by atoms with Crippen LogP contribution >= 0.6 is 0 Å². The summed E-state index contributed by atoms with van der Waals surface area (Å²) in [6.45, 7) is 2.31. The molecule has 1 aromatic rings. The van der Waals surface area contributed by atoms with Crippen molar-refractivity contribution in [3.05, 3.63) is 18.3 Å². The van der Waals surface area contributed by atoms with E-state index in [4.69, 9.17) is 9.47 Å². The van der Waals surface area contributed by atoms with Gasteiger partial charge in [-0.2, -0.15) is 0 Å². The van der Waals surface area contributed by atoms with E-state index in [0.717, 1.165) is 0 Å². The lowest BCUT2D eigenvalue weighted by molar-refractivity contribution is 0.199. The Balaban J connectivity index is 2.78. The van der Waals surface area contributed by atoms with Crippen LogP contribution < -0.4 is 14.8 Å². The fourth-order valence-corrected chi connectivity index (χ4v) is 0.850. The number of ether oxygens (including phenoxy) is 2. The first-order valence-electron chi connectivity index (χ1n) is 4.25. The number of hydrogen-bond donors (Lipinski definition) is 1. The van der Waals surface area contributed by atoms with E-state index in [0.29, 0.717) is 18.2 Å². The largest absolute Gasteiger partial charge is 0.475 e. The first-order valence-corrected chi connectivity index (χ1v) is 4.25. The minimum Gasteiger partial charge on any atom is -0.475 e. The molecule has 0 aromatic carbocycles. The molecule has 0 saturated heterocycles. The first-order chi connectivity index (χ1) is 6.77. The van der Waals surface area contributed by atoms with Gasteiger partial charge in [0.2, 0.25) is 0 Å². The monoisotopic (exact) mass is 196 g/mol. The first kappa shape index (κ1) is 10.3. The summed E-state index contributed by atoms with van der Waals surface area (Å²) in [5.41, 5.74) is 0. The summed E-state index contributed by atoms with van der Waals surface area (Å²) >= 11 is 0. The molecule has 0 fully saturated rings. The van der Waals surface area contributed by atoms with Crippen LogP contribution in [0, 0.1) is 0 Å². The standard InChI is InChI=1S/C9H12N2O3/c1-3-13-8-7(5-4-6-11-8)14-9(12)10-2/h4-6H,3H2,1-2H3,(H,10,12). The highest BCUT2D eigenvalue weighted by Gasteiger charge is 2.08. The second kappa shape index (κ2) is 5.06. The molecular weight excluding hydrogens is 184 g/mol. The van der Waals surface area contributed by atoms with Crippen molar-refractivity contribution < 1.29 is 14.3 Å². The molecule has 0 bridgehead atoms. The van der Waals surface area contributed by atoms with Crippen LogP contribution in [0.1, 0.15) is 6.92 Å². The third kappa shape index (κ3) is 2.62. The Morgan fingerprint density at radius 1 is 1.64 bits per heavy atom. The maximum Gasteiger partial charge on any atom is 0.412 e. The van der Waals surface area contributed by atoms with Crippen molar-refractivity contribution in [3.8, 4) is 11.6 Å². The third-order valence-corrected chi connectivity index (χ3v) is 1.42. The second-order valence-electron chi connectivity index (χ2n) is 2.38. The van der Waals surface area contributed by atoms with E-state index in [1.807, 2.05) is 6.92 Å². The molecule has 0 aliphatic rings. The SMILES string of the molecule is CCOc1ncccc1OC(=O)NC. The zero-order valence-corrected chi connectivity index (χ0v) is 8.11. The molecular formula is C9H12N2O3. The molecule has 0 aliphatic carbocycles. The van der Waals surface area contributed by atoms with Crippen LogP contribution in [0.3, 0.4) is 0 Å². The highest BCUT2D eigenvalue weighted by atomic mass is 16.6. The predicted molar refractivity (Wildman–Crippen MR) is 50.5 cm³/mol. The van der Waals surface area contributed by atoms with Gasteiger partial charge in [0, 0.05) is 13.2 Å². The van der Waals surface area contributed by atoms with Crippen LogP contribution in [0.4, 0.5) is 4.79 Å². The molecule has 0 unspecified atom stereocenters. The van der Waals surface area contributed by atoms with Gasteiger partial charge in [0.25, 0.3) is 5.88 Å². The molecule has 1 amide bonds. The van der Waals surface area contributed by atoms with Gasteiger partial charge in [-0.3, -0.25) is 0 Å². The van der Waals surface area contributed by atoms with E-state index in [1.54, 1.807) is 18.3 Å². The van der Waals surface area contributed by atoms with Gasteiger partial charge in [0.05, 0.1) is 6.61 Å². The van der Waals surface area contributed by atoms with E-state index < -0.39 is 6.09 Å². The normalized spacial score (nSPS) is 9.29. The maximum atomic E-state index is 10.9. The molecule has 1 N–H and O–H groups in total. The number of nitrogens with zero attached hydrogens (tertiary/aromatic N) is 1. The van der Waals surface area contributed by atoms with Gasteiger partial charge in [0.15, 0.2) is 5.75 Å². The number of carbonyl (C=O) groups excluding carboxylic acids is 1. The van der Waals surface area contributed by atoms with E-state index in [1.165, 1.54) is 7.05 Å². The molecule has 1 heterocycles. The van der Waals surface area contributed by atoms with Crippen molar-refractivity contribution in [3.63, 3.8) is 0 Å². The van der Waals surface area contributed by atoms with Gasteiger partial charge in [-0.05, 0) is 19.1 Å². The molecule has 76 valence electrons. The minimum atomic E-state index is -0.543. The van der Waals surface area contributed by atoms with Crippen molar-refractivity contribution in [1.29, 1.82) is 0 Å². The molecule has 0 spiro atoms. The molecule has 1 aromatic heterocycles. The fraction of sp³-hybridized carbons (Fsp3) is 0.333. The van der Waals surface area contributed by atoms with Gasteiger partial charge in [0.1, 0.15) is 0 Å². The lowest BCUT2D eigenvalue weighted by atomic mass is 10.4. The zero-order valence-electron chi connectivity index (χ0n) is 8.11. The molecule has 0 saturated carbocycles. The van der Waals surface area contributed by atoms with E-state index in [-0.39, 0.29) is 0 Å². The number of aromatic nitrogens is 1. The second-order valence-corrected chi connectivity index (χ2v) is 2.38. The van der Waals surface area contributed by atoms with E-state index in [2.05, 4.69) is 10.3 Å². The van der Waals surface area contributed by atoms with Crippen LogP contribution in [0.5, 0.6) is 11.6 Å². The van der Waals surface area contributed by atoms with Crippen LogP contribution in [0.2, 0.25) is 0 Å². The van der Waals surface area contributed by atoms with E-state index in [9.17, 15) is 4.79 Å². The smallest absolute Gasteiger partial charge is 0.412 e. The average molecular weight is 196 g/mol. The zero-order chi connectivity index (χ0) is 10.4. The highest BCUT2D eigenvalue weighted by molar-refractivity contribution is 5.70. The van der Waals surface area contributed by atoms with Crippen molar-refractivity contribution in [2.45, 2.75) is 6.92 Å². The maximum absolute atomic E-state index is 10.9. The van der Waals surface area contributed by atoms with Crippen molar-refractivity contribution >= 4 is 6.09 Å². The predicted octanol–water partition coefficient (Wildman–Crippen LogP) is 1.20. The summed E-state index contributed by atoms with van der Waals surface area (Å²) < 4.78 is 10.1. The van der Waals surface area contributed by atoms with Crippen LogP contribution in [0.25, 0.3) is 0 Å². The molecule has 0 aliphatic heterocycles. The Labute approximate surface area is 82.0 Å². The Hall–Kier alpha value is -1.78. The van der Waals surface area contributed by atoms with E-state index >= 15 is 0 Å². The van der Waals surface area contributed by atoms with Gasteiger partial charge in [-0.1, -0.05) is 0 Å². The summed E-state index contributed by atoms with van der Waals surface area (Å²) in [7, 11) is 1.49. The van der Waals surface area contributed by atoms with Gasteiger partial charge in [-0.15, -0.1) is 0 Å². The molecule has 1 rings (SSSR count). The molecule has 5 heteroatoms. The Morgan fingerprint density at radius 2 is 2.43 bits per heavy atom. The number of amides is 1. The number of nitrogens with one attached hydrogen (secondary N) is 1. The van der Waals surface area contributed by atoms with Crippen molar-refractivity contribution in [2.75, 3.05) is 13.7 Å². The van der Waals surface area contributed by atoms with Crippen LogP contribution in [-0.2, 0) is 0 Å². The lowest BCUT2D eigenvalue weighted by Crippen LogP contribution is -2.22. The highest BCUT2D eigenvalue weighted by Crippen LogP contribution is 2.23. The fourth-order valence-electron chi connectivity index (χ4n) is 0.850. The molecule has 5 nitrogen and oxygen atoms in total. The number of carbonyl (C=O) groups is 1. The van der Waals surface area contributed by atoms with Gasteiger partial charge in [-0.25, -0.2) is 9.78 Å². The topological polar surface area (TPSA) is 60.5 Å². The number of rotatable bonds is 3. The molecule has 0 atom stereocenters. The Bertz CT molecular complexity index is 315. The summed E-state index contributed by atoms with van der Waals surface area (Å²) in [5.74, 6) is 0.632. The van der Waals surface area contributed by atoms with Gasteiger partial charge >= 0.3 is 6.09 Å². The van der Waals surface area contributed by atoms with Crippen molar-refractivity contribution in [1.82, 2.24) is 10.3 Å². The number of hydrogen-bond acceptors (Lipinski definition) is 4. The minimum absolute atomic E-state index is 0.314. The Kier molecular flexibility index (Phi) is 3.72. The Morgan fingerprint density at radius 3 is 3.07 bits per heavy atom. The number of pyridine rings is 1. The summed E-state index contributed by atoms with van der Waals surface area (Å²) in [4.78, 5) is 14.8. The quantitative estimate of drug-likeness (QED) is 0.789. The third-order valence-electron chi connectivity index (χ3n) is 1.42. The molecule has 14 heavy (non-hydrogen) atoms. The van der Waals surface area contributed by atoms with Gasteiger partial charge < -0.3 is 14.8 Å². The lowest BCUT2D eigenvalue weighted by Gasteiger charge is -2.07. The van der Waals surface area contributed by atoms with Crippen LogP contribution in [-0.4, -0.2) is 24.7 Å².